The van der Waals surface area contributed by atoms with Gasteiger partial charge in [-0.05, 0) is 40.2 Å². The molecule has 0 fully saturated rings. The molecule has 2 N–H and O–H groups in total. The van der Waals surface area contributed by atoms with E-state index in [0.29, 0.717) is 0 Å². The van der Waals surface area contributed by atoms with Crippen LogP contribution in [0.15, 0.2) is 35.1 Å². The van der Waals surface area contributed by atoms with Crippen molar-refractivity contribution in [1.82, 2.24) is 14.9 Å². The molecule has 11 heteroatoms. The molecule has 1 aromatic heterocycles. The Morgan fingerprint density at radius 3 is 2.64 bits per heavy atom. The van der Waals surface area contributed by atoms with Crippen LogP contribution in [0.2, 0.25) is 5.02 Å². The molecule has 2 heterocycles. The number of fused-ring (bicyclic) bond motifs is 3. The van der Waals surface area contributed by atoms with E-state index in [2.05, 4.69) is 26.2 Å². The van der Waals surface area contributed by atoms with Crippen LogP contribution in [0, 0.1) is 5.82 Å². The minimum Gasteiger partial charge on any atom is -0.363 e. The topological polar surface area (TPSA) is 67.2 Å². The summed E-state index contributed by atoms with van der Waals surface area (Å²) < 4.78 is 53.0. The molecule has 0 spiro atoms. The molecule has 0 saturated carbocycles. The number of carbonyl (C=O) groups excluding carboxylic acids is 1. The predicted molar refractivity (Wildman–Crippen MR) is 95.4 cm³/mol. The van der Waals surface area contributed by atoms with Gasteiger partial charge < -0.3 is 15.0 Å². The minimum absolute atomic E-state index is 0.000859. The third-order valence-electron chi connectivity index (χ3n) is 4.44. The number of benzene rings is 2. The molecule has 1 aliphatic rings. The first-order valence-corrected chi connectivity index (χ1v) is 8.95. The Bertz CT molecular complexity index is 1150. The first-order valence-electron chi connectivity index (χ1n) is 7.77. The molecular weight excluding hydrogens is 470 g/mol. The van der Waals surface area contributed by atoms with Crippen molar-refractivity contribution in [2.24, 2.45) is 0 Å². The number of halogens is 6. The summed E-state index contributed by atoms with van der Waals surface area (Å²) in [7, 11) is 0. The second-order valence-electron chi connectivity index (χ2n) is 6.23. The zero-order chi connectivity index (χ0) is 20.4. The van der Waals surface area contributed by atoms with Gasteiger partial charge in [-0.2, -0.15) is 13.2 Å². The first kappa shape index (κ1) is 19.2. The summed E-state index contributed by atoms with van der Waals surface area (Å²) in [5, 5.41) is 13.4. The van der Waals surface area contributed by atoms with Crippen molar-refractivity contribution in [2.75, 3.05) is 0 Å². The molecule has 5 nitrogen and oxygen atoms in total. The number of nitrogens with one attached hydrogen (secondary N) is 1. The van der Waals surface area contributed by atoms with Crippen molar-refractivity contribution in [3.05, 3.63) is 62.6 Å². The SMILES string of the molecule is O=C1NC(O)(c2cc(F)ccc2Cl)c2ccc3c(nc(Br)n3CC(F)(F)F)c21. The normalized spacial score (nSPS) is 19.2. The Morgan fingerprint density at radius 2 is 1.96 bits per heavy atom. The molecule has 3 aromatic rings. The lowest BCUT2D eigenvalue weighted by Crippen LogP contribution is -2.40. The fourth-order valence-electron chi connectivity index (χ4n) is 3.31. The fraction of sp³-hybridized carbons (Fsp3) is 0.176. The second kappa shape index (κ2) is 6.16. The number of carbonyl (C=O) groups is 1. The van der Waals surface area contributed by atoms with E-state index in [0.717, 1.165) is 16.7 Å². The fourth-order valence-corrected chi connectivity index (χ4v) is 4.05. The molecule has 1 aliphatic heterocycles. The molecule has 1 unspecified atom stereocenters. The average Bonchev–Trinajstić information content (AvgIpc) is 3.03. The van der Waals surface area contributed by atoms with Crippen molar-refractivity contribution < 1.29 is 27.5 Å². The third kappa shape index (κ3) is 2.87. The van der Waals surface area contributed by atoms with Gasteiger partial charge in [-0.1, -0.05) is 17.7 Å². The first-order chi connectivity index (χ1) is 13.0. The molecule has 0 bridgehead atoms. The standard InChI is InChI=1S/C17H9BrClF4N3O2/c18-15-24-13-11(26(15)6-16(21,22)23)4-2-8-12(13)14(27)25-17(8,28)9-5-7(20)1-3-10(9)19/h1-5,28H,6H2,(H,25,27). The van der Waals surface area contributed by atoms with Crippen LogP contribution in [0.5, 0.6) is 0 Å². The zero-order valence-corrected chi connectivity index (χ0v) is 16.0. The van der Waals surface area contributed by atoms with Gasteiger partial charge in [-0.3, -0.25) is 4.79 Å². The van der Waals surface area contributed by atoms with E-state index in [1.54, 1.807) is 0 Å². The van der Waals surface area contributed by atoms with E-state index in [1.165, 1.54) is 18.2 Å². The smallest absolute Gasteiger partial charge is 0.363 e. The van der Waals surface area contributed by atoms with Gasteiger partial charge in [0.1, 0.15) is 17.9 Å². The largest absolute Gasteiger partial charge is 0.406 e. The Kier molecular flexibility index (Phi) is 4.22. The molecule has 0 radical (unpaired) electrons. The van der Waals surface area contributed by atoms with Crippen molar-refractivity contribution >= 4 is 44.5 Å². The minimum atomic E-state index is -4.51. The molecule has 4 rings (SSSR count). The molecule has 0 saturated heterocycles. The second-order valence-corrected chi connectivity index (χ2v) is 7.34. The monoisotopic (exact) mass is 477 g/mol. The van der Waals surface area contributed by atoms with Crippen LogP contribution in [0.4, 0.5) is 17.6 Å². The van der Waals surface area contributed by atoms with E-state index in [1.807, 2.05) is 0 Å². The number of hydrogen-bond acceptors (Lipinski definition) is 3. The number of rotatable bonds is 2. The summed E-state index contributed by atoms with van der Waals surface area (Å²) >= 11 is 9.04. The van der Waals surface area contributed by atoms with Crippen LogP contribution in [0.1, 0.15) is 21.5 Å². The number of aromatic nitrogens is 2. The summed E-state index contributed by atoms with van der Waals surface area (Å²) in [6.07, 6.45) is -4.51. The molecular formula is C17H9BrClF4N3O2. The maximum absolute atomic E-state index is 13.7. The van der Waals surface area contributed by atoms with Crippen molar-refractivity contribution in [1.29, 1.82) is 0 Å². The van der Waals surface area contributed by atoms with Gasteiger partial charge in [0.05, 0.1) is 11.1 Å². The Hall–Kier alpha value is -2.17. The predicted octanol–water partition coefficient (Wildman–Crippen LogP) is 4.09. The molecule has 1 atom stereocenters. The summed E-state index contributed by atoms with van der Waals surface area (Å²) in [5.41, 5.74) is -2.33. The number of imidazole rings is 1. The lowest BCUT2D eigenvalue weighted by molar-refractivity contribution is -0.140. The van der Waals surface area contributed by atoms with Gasteiger partial charge >= 0.3 is 6.18 Å². The summed E-state index contributed by atoms with van der Waals surface area (Å²) in [6, 6.07) is 5.88. The van der Waals surface area contributed by atoms with Gasteiger partial charge in [-0.15, -0.1) is 0 Å². The van der Waals surface area contributed by atoms with Crippen LogP contribution >= 0.6 is 27.5 Å². The van der Waals surface area contributed by atoms with Gasteiger partial charge in [-0.25, -0.2) is 9.37 Å². The van der Waals surface area contributed by atoms with Crippen LogP contribution in [-0.4, -0.2) is 26.7 Å². The van der Waals surface area contributed by atoms with Crippen molar-refractivity contribution in [3.8, 4) is 0 Å². The van der Waals surface area contributed by atoms with E-state index >= 15 is 0 Å². The third-order valence-corrected chi connectivity index (χ3v) is 5.38. The van der Waals surface area contributed by atoms with Crippen molar-refractivity contribution in [3.63, 3.8) is 0 Å². The highest BCUT2D eigenvalue weighted by Crippen LogP contribution is 2.41. The number of nitrogens with zero attached hydrogens (tertiary/aromatic N) is 2. The van der Waals surface area contributed by atoms with E-state index in [-0.39, 0.29) is 37.5 Å². The van der Waals surface area contributed by atoms with Gasteiger partial charge in [0.15, 0.2) is 10.5 Å². The maximum atomic E-state index is 13.7. The maximum Gasteiger partial charge on any atom is 0.406 e. The number of aliphatic hydroxyl groups is 1. The number of amides is 1. The lowest BCUT2D eigenvalue weighted by Gasteiger charge is -2.25. The van der Waals surface area contributed by atoms with E-state index in [4.69, 9.17) is 11.6 Å². The summed E-state index contributed by atoms with van der Waals surface area (Å²) in [6.45, 7) is -1.31. The van der Waals surface area contributed by atoms with E-state index in [9.17, 15) is 27.5 Å². The highest BCUT2D eigenvalue weighted by molar-refractivity contribution is 9.10. The van der Waals surface area contributed by atoms with Crippen LogP contribution in [0.25, 0.3) is 11.0 Å². The van der Waals surface area contributed by atoms with Gasteiger partial charge in [0, 0.05) is 16.1 Å². The average molecular weight is 479 g/mol. The zero-order valence-electron chi connectivity index (χ0n) is 13.6. The van der Waals surface area contributed by atoms with Crippen LogP contribution < -0.4 is 5.32 Å². The molecule has 2 aromatic carbocycles. The molecule has 146 valence electrons. The summed E-state index contributed by atoms with van der Waals surface area (Å²) in [4.78, 5) is 16.6. The van der Waals surface area contributed by atoms with Crippen molar-refractivity contribution in [2.45, 2.75) is 18.4 Å². The highest BCUT2D eigenvalue weighted by atomic mass is 79.9. The van der Waals surface area contributed by atoms with E-state index < -0.39 is 30.2 Å². The van der Waals surface area contributed by atoms with Crippen LogP contribution in [-0.2, 0) is 12.3 Å². The van der Waals surface area contributed by atoms with Gasteiger partial charge in [0.25, 0.3) is 5.91 Å². The Labute approximate surface area is 168 Å². The highest BCUT2D eigenvalue weighted by Gasteiger charge is 2.46. The Morgan fingerprint density at radius 1 is 1.25 bits per heavy atom. The Balaban J connectivity index is 1.96. The van der Waals surface area contributed by atoms with Gasteiger partial charge in [0.2, 0.25) is 0 Å². The molecule has 0 aliphatic carbocycles. The van der Waals surface area contributed by atoms with Crippen LogP contribution in [0.3, 0.4) is 0 Å². The molecule has 28 heavy (non-hydrogen) atoms. The molecule has 1 amide bonds. The lowest BCUT2D eigenvalue weighted by atomic mass is 9.93. The quantitative estimate of drug-likeness (QED) is 0.545. The summed E-state index contributed by atoms with van der Waals surface area (Å²) in [5.74, 6) is -1.46. The number of alkyl halides is 3. The number of hydrogen-bond donors (Lipinski definition) is 2.